The quantitative estimate of drug-likeness (QED) is 0.622. The van der Waals surface area contributed by atoms with Crippen molar-refractivity contribution in [2.75, 3.05) is 11.9 Å². The molecule has 0 aliphatic heterocycles. The highest BCUT2D eigenvalue weighted by Crippen LogP contribution is 2.30. The normalized spacial score (nSPS) is 10.5. The summed E-state index contributed by atoms with van der Waals surface area (Å²) in [5, 5.41) is 3.40. The van der Waals surface area contributed by atoms with Crippen LogP contribution in [0.3, 0.4) is 0 Å². The lowest BCUT2D eigenvalue weighted by Crippen LogP contribution is -2.12. The molecule has 0 aliphatic rings. The van der Waals surface area contributed by atoms with Crippen LogP contribution in [0.2, 0.25) is 5.02 Å². The van der Waals surface area contributed by atoms with Crippen molar-refractivity contribution in [2.24, 2.45) is 0 Å². The third-order valence-electron chi connectivity index (χ3n) is 3.57. The van der Waals surface area contributed by atoms with E-state index in [4.69, 9.17) is 20.8 Å². The monoisotopic (exact) mass is 355 g/mol. The van der Waals surface area contributed by atoms with Crippen LogP contribution in [0.15, 0.2) is 65.1 Å². The standard InChI is InChI=1S/C20H18ClNO3/c1-2-13-24-18-10-6-5-9-16(18)22-20(23)19-12-11-17(25-19)14-7-3-4-8-15(14)21/h3-12H,2,13H2,1H3,(H,22,23). The molecule has 0 saturated heterocycles. The number of para-hydroxylation sites is 2. The Hall–Kier alpha value is -2.72. The fourth-order valence-corrected chi connectivity index (χ4v) is 2.59. The molecule has 2 aromatic carbocycles. The fourth-order valence-electron chi connectivity index (χ4n) is 2.36. The zero-order valence-electron chi connectivity index (χ0n) is 13.8. The summed E-state index contributed by atoms with van der Waals surface area (Å²) in [5.74, 6) is 1.05. The Morgan fingerprint density at radius 1 is 1.08 bits per heavy atom. The summed E-state index contributed by atoms with van der Waals surface area (Å²) in [6.07, 6.45) is 0.891. The summed E-state index contributed by atoms with van der Waals surface area (Å²) >= 11 is 6.17. The molecule has 1 heterocycles. The van der Waals surface area contributed by atoms with Crippen molar-refractivity contribution in [1.29, 1.82) is 0 Å². The number of amides is 1. The van der Waals surface area contributed by atoms with Gasteiger partial charge in [-0.15, -0.1) is 0 Å². The van der Waals surface area contributed by atoms with Gasteiger partial charge in [0.1, 0.15) is 11.5 Å². The van der Waals surface area contributed by atoms with Gasteiger partial charge in [0.25, 0.3) is 5.91 Å². The number of rotatable bonds is 6. The number of anilines is 1. The Kier molecular flexibility index (Phi) is 5.41. The second-order valence-electron chi connectivity index (χ2n) is 5.44. The Morgan fingerprint density at radius 2 is 1.84 bits per heavy atom. The van der Waals surface area contributed by atoms with Crippen LogP contribution in [0.25, 0.3) is 11.3 Å². The van der Waals surface area contributed by atoms with Gasteiger partial charge in [0.05, 0.1) is 17.3 Å². The molecular formula is C20H18ClNO3. The molecule has 0 aliphatic carbocycles. The minimum Gasteiger partial charge on any atom is -0.491 e. The van der Waals surface area contributed by atoms with Gasteiger partial charge in [0.15, 0.2) is 5.76 Å². The first kappa shape index (κ1) is 17.1. The summed E-state index contributed by atoms with van der Waals surface area (Å²) in [4.78, 5) is 12.5. The van der Waals surface area contributed by atoms with Gasteiger partial charge in [-0.1, -0.05) is 42.8 Å². The second-order valence-corrected chi connectivity index (χ2v) is 5.85. The van der Waals surface area contributed by atoms with Crippen LogP contribution >= 0.6 is 11.6 Å². The maximum atomic E-state index is 12.5. The Morgan fingerprint density at radius 3 is 2.64 bits per heavy atom. The van der Waals surface area contributed by atoms with Gasteiger partial charge < -0.3 is 14.5 Å². The Bertz CT molecular complexity index is 873. The molecule has 0 bridgehead atoms. The average molecular weight is 356 g/mol. The lowest BCUT2D eigenvalue weighted by Gasteiger charge is -2.11. The molecule has 0 fully saturated rings. The van der Waals surface area contributed by atoms with E-state index in [9.17, 15) is 4.79 Å². The van der Waals surface area contributed by atoms with E-state index < -0.39 is 0 Å². The highest BCUT2D eigenvalue weighted by Gasteiger charge is 2.15. The van der Waals surface area contributed by atoms with Crippen LogP contribution in [0, 0.1) is 0 Å². The van der Waals surface area contributed by atoms with Crippen LogP contribution < -0.4 is 10.1 Å². The molecule has 5 heteroatoms. The number of furan rings is 1. The molecule has 0 radical (unpaired) electrons. The molecule has 3 rings (SSSR count). The number of hydrogen-bond acceptors (Lipinski definition) is 3. The Labute approximate surface area is 151 Å². The third kappa shape index (κ3) is 4.03. The zero-order valence-corrected chi connectivity index (χ0v) is 14.5. The first-order chi connectivity index (χ1) is 12.2. The van der Waals surface area contributed by atoms with Gasteiger partial charge in [-0.05, 0) is 42.8 Å². The topological polar surface area (TPSA) is 51.5 Å². The highest BCUT2D eigenvalue weighted by molar-refractivity contribution is 6.33. The van der Waals surface area contributed by atoms with E-state index >= 15 is 0 Å². The minimum absolute atomic E-state index is 0.209. The van der Waals surface area contributed by atoms with Crippen LogP contribution in [-0.2, 0) is 0 Å². The maximum absolute atomic E-state index is 12.5. The number of hydrogen-bond donors (Lipinski definition) is 1. The molecule has 0 unspecified atom stereocenters. The molecule has 1 aromatic heterocycles. The molecular weight excluding hydrogens is 338 g/mol. The van der Waals surface area contributed by atoms with E-state index in [1.54, 1.807) is 24.3 Å². The number of nitrogens with one attached hydrogen (secondary N) is 1. The first-order valence-corrected chi connectivity index (χ1v) is 8.44. The smallest absolute Gasteiger partial charge is 0.291 e. The van der Waals surface area contributed by atoms with Gasteiger partial charge in [-0.2, -0.15) is 0 Å². The van der Waals surface area contributed by atoms with Crippen LogP contribution in [0.5, 0.6) is 5.75 Å². The molecule has 25 heavy (non-hydrogen) atoms. The summed E-state index contributed by atoms with van der Waals surface area (Å²) in [6, 6.07) is 18.0. The molecule has 0 saturated carbocycles. The van der Waals surface area contributed by atoms with Crippen molar-refractivity contribution in [3.63, 3.8) is 0 Å². The minimum atomic E-state index is -0.342. The fraction of sp³-hybridized carbons (Fsp3) is 0.150. The van der Waals surface area contributed by atoms with Gasteiger partial charge in [0, 0.05) is 5.56 Å². The first-order valence-electron chi connectivity index (χ1n) is 8.07. The average Bonchev–Trinajstić information content (AvgIpc) is 3.11. The summed E-state index contributed by atoms with van der Waals surface area (Å²) < 4.78 is 11.3. The molecule has 3 aromatic rings. The lowest BCUT2D eigenvalue weighted by molar-refractivity contribution is 0.0997. The van der Waals surface area contributed by atoms with Crippen molar-refractivity contribution in [3.05, 3.63) is 71.4 Å². The van der Waals surface area contributed by atoms with E-state index in [0.29, 0.717) is 28.8 Å². The molecule has 128 valence electrons. The van der Waals surface area contributed by atoms with Crippen molar-refractivity contribution < 1.29 is 13.9 Å². The third-order valence-corrected chi connectivity index (χ3v) is 3.90. The van der Waals surface area contributed by atoms with Crippen molar-refractivity contribution in [1.82, 2.24) is 0 Å². The van der Waals surface area contributed by atoms with Gasteiger partial charge in [-0.3, -0.25) is 4.79 Å². The van der Waals surface area contributed by atoms with E-state index in [0.717, 1.165) is 12.0 Å². The van der Waals surface area contributed by atoms with Crippen molar-refractivity contribution >= 4 is 23.2 Å². The van der Waals surface area contributed by atoms with Crippen molar-refractivity contribution in [3.8, 4) is 17.1 Å². The number of ether oxygens (including phenoxy) is 1. The number of carbonyl (C=O) groups excluding carboxylic acids is 1. The zero-order chi connectivity index (χ0) is 17.6. The van der Waals surface area contributed by atoms with Gasteiger partial charge in [0.2, 0.25) is 0 Å². The SMILES string of the molecule is CCCOc1ccccc1NC(=O)c1ccc(-c2ccccc2Cl)o1. The van der Waals surface area contributed by atoms with E-state index in [-0.39, 0.29) is 11.7 Å². The molecule has 1 amide bonds. The predicted octanol–water partition coefficient (Wildman–Crippen LogP) is 5.64. The number of halogens is 1. The largest absolute Gasteiger partial charge is 0.491 e. The van der Waals surface area contributed by atoms with Crippen LogP contribution in [0.1, 0.15) is 23.9 Å². The van der Waals surface area contributed by atoms with Crippen molar-refractivity contribution in [2.45, 2.75) is 13.3 Å². The Balaban J connectivity index is 1.78. The molecule has 0 spiro atoms. The van der Waals surface area contributed by atoms with E-state index in [1.165, 1.54) is 0 Å². The predicted molar refractivity (Wildman–Crippen MR) is 99.3 cm³/mol. The molecule has 4 nitrogen and oxygen atoms in total. The van der Waals surface area contributed by atoms with Gasteiger partial charge in [-0.25, -0.2) is 0 Å². The summed E-state index contributed by atoms with van der Waals surface area (Å²) in [7, 11) is 0. The second kappa shape index (κ2) is 7.90. The van der Waals surface area contributed by atoms with Crippen LogP contribution in [0.4, 0.5) is 5.69 Å². The highest BCUT2D eigenvalue weighted by atomic mass is 35.5. The molecule has 1 N–H and O–H groups in total. The summed E-state index contributed by atoms with van der Waals surface area (Å²) in [5.41, 5.74) is 1.35. The molecule has 0 atom stereocenters. The number of benzene rings is 2. The van der Waals surface area contributed by atoms with Gasteiger partial charge >= 0.3 is 0 Å². The summed E-state index contributed by atoms with van der Waals surface area (Å²) in [6.45, 7) is 2.62. The van der Waals surface area contributed by atoms with Crippen LogP contribution in [-0.4, -0.2) is 12.5 Å². The lowest BCUT2D eigenvalue weighted by atomic mass is 10.2. The van der Waals surface area contributed by atoms with E-state index in [1.807, 2.05) is 43.3 Å². The maximum Gasteiger partial charge on any atom is 0.291 e. The number of carbonyl (C=O) groups is 1. The van der Waals surface area contributed by atoms with E-state index in [2.05, 4.69) is 5.32 Å².